The summed E-state index contributed by atoms with van der Waals surface area (Å²) in [4.78, 5) is 12.4. The third-order valence-corrected chi connectivity index (χ3v) is 10.3. The van der Waals surface area contributed by atoms with Gasteiger partial charge in [-0.15, -0.1) is 10.2 Å². The van der Waals surface area contributed by atoms with Gasteiger partial charge in [0.15, 0.2) is 10.6 Å². The van der Waals surface area contributed by atoms with Crippen LogP contribution in [0.1, 0.15) is 52.1 Å². The molecule has 0 saturated carbocycles. The number of thioether (sulfide) groups is 1. The summed E-state index contributed by atoms with van der Waals surface area (Å²) in [5, 5.41) is 24.8. The van der Waals surface area contributed by atoms with E-state index >= 15 is 0 Å². The van der Waals surface area contributed by atoms with Crippen LogP contribution in [0.4, 0.5) is 4.79 Å². The van der Waals surface area contributed by atoms with E-state index in [1.807, 2.05) is 73.7 Å². The van der Waals surface area contributed by atoms with Gasteiger partial charge in [0.25, 0.3) is 0 Å². The van der Waals surface area contributed by atoms with E-state index in [1.165, 1.54) is 0 Å². The first kappa shape index (κ1) is 32.9. The number of nitrogens with zero attached hydrogens (tertiary/aromatic N) is 2. The third kappa shape index (κ3) is 8.65. The van der Waals surface area contributed by atoms with Crippen LogP contribution in [0.2, 0.25) is 0 Å². The van der Waals surface area contributed by atoms with E-state index in [-0.39, 0.29) is 30.8 Å². The van der Waals surface area contributed by atoms with Crippen LogP contribution in [0, 0.1) is 12.8 Å². The lowest BCUT2D eigenvalue weighted by atomic mass is 9.91. The highest BCUT2D eigenvalue weighted by Crippen LogP contribution is 2.43. The normalized spacial score (nSPS) is 19.3. The molecule has 0 bridgehead atoms. The zero-order valence-electron chi connectivity index (χ0n) is 26.3. The molecule has 10 heteroatoms. The van der Waals surface area contributed by atoms with Crippen molar-refractivity contribution in [2.45, 2.75) is 56.4 Å². The summed E-state index contributed by atoms with van der Waals surface area (Å²) < 4.78 is 14.2. The molecule has 0 aliphatic carbocycles. The SMILES string of the molecule is Cc1nnc(SC[C@H]2O[C@@H](c3ccc(-c4cccc(CNC(=O)NCc5ccccc5)c4)cc3)O[C@@H](c3ccc(CO)cc3)[C@H]2C)s1. The van der Waals surface area contributed by atoms with E-state index in [1.54, 1.807) is 23.1 Å². The number of hydrogen-bond donors (Lipinski definition) is 3. The van der Waals surface area contributed by atoms with Crippen molar-refractivity contribution in [3.05, 3.63) is 136 Å². The van der Waals surface area contributed by atoms with Crippen molar-refractivity contribution >= 4 is 29.1 Å². The molecule has 5 aromatic rings. The number of amides is 2. The number of carbonyl (C=O) groups excluding carboxylic acids is 1. The van der Waals surface area contributed by atoms with Crippen LogP contribution in [0.5, 0.6) is 0 Å². The fourth-order valence-electron chi connectivity index (χ4n) is 5.52. The Bertz CT molecular complexity index is 1750. The molecule has 1 aromatic heterocycles. The van der Waals surface area contributed by atoms with Gasteiger partial charge in [0.2, 0.25) is 0 Å². The van der Waals surface area contributed by atoms with Gasteiger partial charge in [-0.2, -0.15) is 0 Å². The first-order valence-corrected chi connectivity index (χ1v) is 17.4. The predicted molar refractivity (Wildman–Crippen MR) is 186 cm³/mol. The first-order valence-electron chi connectivity index (χ1n) is 15.6. The maximum atomic E-state index is 12.4. The molecule has 1 aliphatic rings. The molecule has 3 N–H and O–H groups in total. The molecule has 2 heterocycles. The molecule has 0 radical (unpaired) electrons. The number of urea groups is 1. The molecule has 0 unspecified atom stereocenters. The van der Waals surface area contributed by atoms with Gasteiger partial charge in [0, 0.05) is 30.3 Å². The van der Waals surface area contributed by atoms with Crippen LogP contribution in [0.15, 0.2) is 107 Å². The Hall–Kier alpha value is -4.06. The molecule has 8 nitrogen and oxygen atoms in total. The molecule has 4 aromatic carbocycles. The summed E-state index contributed by atoms with van der Waals surface area (Å²) in [7, 11) is 0. The highest BCUT2D eigenvalue weighted by atomic mass is 32.2. The second-order valence-electron chi connectivity index (χ2n) is 11.6. The van der Waals surface area contributed by atoms with Crippen molar-refractivity contribution < 1.29 is 19.4 Å². The number of benzene rings is 4. The first-order chi connectivity index (χ1) is 22.9. The van der Waals surface area contributed by atoms with Crippen LogP contribution in [0.3, 0.4) is 0 Å². The zero-order valence-corrected chi connectivity index (χ0v) is 28.0. The Morgan fingerprint density at radius 2 is 1.51 bits per heavy atom. The minimum Gasteiger partial charge on any atom is -0.392 e. The predicted octanol–water partition coefficient (Wildman–Crippen LogP) is 7.59. The highest BCUT2D eigenvalue weighted by molar-refractivity contribution is 8.01. The quantitative estimate of drug-likeness (QED) is 0.125. The Balaban J connectivity index is 1.13. The molecule has 1 fully saturated rings. The topological polar surface area (TPSA) is 106 Å². The number of nitrogens with one attached hydrogen (secondary N) is 2. The van der Waals surface area contributed by atoms with E-state index in [9.17, 15) is 9.90 Å². The van der Waals surface area contributed by atoms with Crippen molar-refractivity contribution in [1.29, 1.82) is 0 Å². The Labute approximate surface area is 283 Å². The van der Waals surface area contributed by atoms with Gasteiger partial charge in [-0.1, -0.05) is 127 Å². The summed E-state index contributed by atoms with van der Waals surface area (Å²) in [6.07, 6.45) is -0.814. The molecule has 4 atom stereocenters. The molecular formula is C37H38N4O4S2. The third-order valence-electron chi connectivity index (χ3n) is 8.19. The van der Waals surface area contributed by atoms with Gasteiger partial charge < -0.3 is 25.2 Å². The van der Waals surface area contributed by atoms with Crippen LogP contribution in [-0.4, -0.2) is 33.2 Å². The van der Waals surface area contributed by atoms with Crippen LogP contribution < -0.4 is 10.6 Å². The van der Waals surface area contributed by atoms with Gasteiger partial charge >= 0.3 is 6.03 Å². The molecular weight excluding hydrogens is 629 g/mol. The minimum atomic E-state index is -0.547. The van der Waals surface area contributed by atoms with Crippen molar-refractivity contribution in [3.8, 4) is 11.1 Å². The average Bonchev–Trinajstić information content (AvgIpc) is 3.54. The van der Waals surface area contributed by atoms with Crippen molar-refractivity contribution in [3.63, 3.8) is 0 Å². The van der Waals surface area contributed by atoms with E-state index in [0.717, 1.165) is 54.0 Å². The van der Waals surface area contributed by atoms with Crippen molar-refractivity contribution in [1.82, 2.24) is 20.8 Å². The van der Waals surface area contributed by atoms with E-state index < -0.39 is 6.29 Å². The second kappa shape index (κ2) is 15.7. The molecule has 2 amide bonds. The Kier molecular flexibility index (Phi) is 11.0. The average molecular weight is 667 g/mol. The zero-order chi connectivity index (χ0) is 32.6. The van der Waals surface area contributed by atoms with Gasteiger partial charge in [-0.25, -0.2) is 4.79 Å². The fraction of sp³-hybridized carbons (Fsp3) is 0.270. The number of aryl methyl sites for hydroxylation is 1. The van der Waals surface area contributed by atoms with Crippen LogP contribution in [0.25, 0.3) is 11.1 Å². The summed E-state index contributed by atoms with van der Waals surface area (Å²) in [5.41, 5.74) is 7.04. The number of aliphatic hydroxyl groups is 1. The summed E-state index contributed by atoms with van der Waals surface area (Å²) >= 11 is 3.25. The van der Waals surface area contributed by atoms with Gasteiger partial charge in [0.1, 0.15) is 5.01 Å². The van der Waals surface area contributed by atoms with Crippen molar-refractivity contribution in [2.24, 2.45) is 5.92 Å². The number of carbonyl (C=O) groups is 1. The van der Waals surface area contributed by atoms with Gasteiger partial charge in [-0.3, -0.25) is 0 Å². The minimum absolute atomic E-state index is 0.00345. The lowest BCUT2D eigenvalue weighted by Crippen LogP contribution is -2.38. The molecule has 0 spiro atoms. The Morgan fingerprint density at radius 3 is 2.21 bits per heavy atom. The molecule has 242 valence electrons. The lowest BCUT2D eigenvalue weighted by molar-refractivity contribution is -0.268. The summed E-state index contributed by atoms with van der Waals surface area (Å²) in [6, 6.07) is 34.0. The smallest absolute Gasteiger partial charge is 0.315 e. The molecule has 6 rings (SSSR count). The Morgan fingerprint density at radius 1 is 0.809 bits per heavy atom. The maximum Gasteiger partial charge on any atom is 0.315 e. The van der Waals surface area contributed by atoms with E-state index in [2.05, 4.69) is 64.2 Å². The summed E-state index contributed by atoms with van der Waals surface area (Å²) in [5.74, 6) is 0.813. The van der Waals surface area contributed by atoms with Gasteiger partial charge in [-0.05, 0) is 46.4 Å². The van der Waals surface area contributed by atoms with E-state index in [4.69, 9.17) is 9.47 Å². The standard InChI is InChI=1S/C37H38N4O4S2/c1-24-33(23-46-37-41-40-25(2)47-37)44-35(45-34(24)30-13-11-27(22-42)12-14-30)31-17-15-29(16-18-31)32-10-6-9-28(19-32)21-39-36(43)38-20-26-7-4-3-5-8-26/h3-19,24,33-35,42H,20-23H2,1-2H3,(H2,38,39,43)/t24-,33+,34+,35+/m0/s1. The number of hydrogen-bond acceptors (Lipinski definition) is 8. The largest absolute Gasteiger partial charge is 0.392 e. The lowest BCUT2D eigenvalue weighted by Gasteiger charge is -2.41. The van der Waals surface area contributed by atoms with Gasteiger partial charge in [0.05, 0.1) is 18.8 Å². The second-order valence-corrected chi connectivity index (χ2v) is 14.0. The van der Waals surface area contributed by atoms with E-state index in [0.29, 0.717) is 13.1 Å². The number of rotatable bonds is 11. The van der Waals surface area contributed by atoms with Crippen LogP contribution in [-0.2, 0) is 29.2 Å². The van der Waals surface area contributed by atoms with Crippen LogP contribution >= 0.6 is 23.1 Å². The number of ether oxygens (including phenoxy) is 2. The number of aliphatic hydroxyl groups excluding tert-OH is 1. The fourth-order valence-corrected chi connectivity index (χ4v) is 7.52. The maximum absolute atomic E-state index is 12.4. The van der Waals surface area contributed by atoms with Crippen molar-refractivity contribution in [2.75, 3.05) is 5.75 Å². The molecule has 1 saturated heterocycles. The summed E-state index contributed by atoms with van der Waals surface area (Å²) in [6.45, 7) is 5.02. The number of aromatic nitrogens is 2. The monoisotopic (exact) mass is 666 g/mol. The molecule has 47 heavy (non-hydrogen) atoms. The molecule has 1 aliphatic heterocycles. The highest BCUT2D eigenvalue weighted by Gasteiger charge is 2.38.